The molecular formula is C31H40N2O4Si. The molecule has 3 aromatic rings. The number of ether oxygens (including phenoxy) is 1. The highest BCUT2D eigenvalue weighted by Gasteiger charge is 2.50. The number of fused-ring (bicyclic) bond motifs is 1. The molecular weight excluding hydrogens is 492 g/mol. The SMILES string of the molecule is CCn1c(CCCO[Si](c2ccccc2)(c2ccccc2)C(C)(C)C)nc2c1CCCC(C(=O)OC)C2=O. The topological polar surface area (TPSA) is 70.4 Å². The molecule has 202 valence electrons. The van der Waals surface area contributed by atoms with E-state index in [4.69, 9.17) is 14.1 Å². The minimum atomic E-state index is -2.60. The van der Waals surface area contributed by atoms with Gasteiger partial charge in [-0.3, -0.25) is 9.59 Å². The van der Waals surface area contributed by atoms with Crippen molar-refractivity contribution in [1.29, 1.82) is 0 Å². The lowest BCUT2D eigenvalue weighted by Crippen LogP contribution is -2.66. The zero-order valence-electron chi connectivity index (χ0n) is 23.3. The zero-order chi connectivity index (χ0) is 27.3. The zero-order valence-corrected chi connectivity index (χ0v) is 24.3. The molecule has 0 amide bonds. The summed E-state index contributed by atoms with van der Waals surface area (Å²) in [7, 11) is -1.26. The third-order valence-corrected chi connectivity index (χ3v) is 12.7. The van der Waals surface area contributed by atoms with E-state index in [2.05, 4.69) is 92.9 Å². The highest BCUT2D eigenvalue weighted by Crippen LogP contribution is 2.37. The lowest BCUT2D eigenvalue weighted by Gasteiger charge is -2.43. The molecule has 4 rings (SSSR count). The average Bonchev–Trinajstić information content (AvgIpc) is 3.19. The van der Waals surface area contributed by atoms with E-state index in [0.29, 0.717) is 25.1 Å². The molecule has 0 bridgehead atoms. The van der Waals surface area contributed by atoms with Crippen LogP contribution < -0.4 is 10.4 Å². The van der Waals surface area contributed by atoms with Crippen LogP contribution in [0.1, 0.15) is 69.0 Å². The molecule has 0 saturated heterocycles. The van der Waals surface area contributed by atoms with E-state index in [1.807, 2.05) is 0 Å². The Hall–Kier alpha value is -3.03. The quantitative estimate of drug-likeness (QED) is 0.131. The molecule has 1 heterocycles. The number of Topliss-reactive ketones (excluding diaryl/α,β-unsaturated/α-hetero) is 1. The highest BCUT2D eigenvalue weighted by atomic mass is 28.4. The third-order valence-electron chi connectivity index (χ3n) is 7.69. The lowest BCUT2D eigenvalue weighted by molar-refractivity contribution is -0.143. The number of hydrogen-bond donors (Lipinski definition) is 0. The monoisotopic (exact) mass is 532 g/mol. The maximum Gasteiger partial charge on any atom is 0.316 e. The normalized spacial score (nSPS) is 16.1. The maximum atomic E-state index is 13.2. The van der Waals surface area contributed by atoms with Gasteiger partial charge in [0.1, 0.15) is 17.4 Å². The first-order chi connectivity index (χ1) is 18.2. The molecule has 0 aliphatic heterocycles. The van der Waals surface area contributed by atoms with Gasteiger partial charge in [-0.15, -0.1) is 0 Å². The van der Waals surface area contributed by atoms with E-state index < -0.39 is 20.2 Å². The summed E-state index contributed by atoms with van der Waals surface area (Å²) in [5.41, 5.74) is 1.40. The van der Waals surface area contributed by atoms with Crippen LogP contribution in [0.2, 0.25) is 5.04 Å². The summed E-state index contributed by atoms with van der Waals surface area (Å²) in [6.45, 7) is 10.3. The molecule has 0 fully saturated rings. The van der Waals surface area contributed by atoms with Gasteiger partial charge in [0.25, 0.3) is 8.32 Å². The van der Waals surface area contributed by atoms with Crippen molar-refractivity contribution in [2.24, 2.45) is 5.92 Å². The Morgan fingerprint density at radius 3 is 2.18 bits per heavy atom. The van der Waals surface area contributed by atoms with Crippen molar-refractivity contribution in [1.82, 2.24) is 9.55 Å². The number of aryl methyl sites for hydroxylation is 1. The van der Waals surface area contributed by atoms with E-state index >= 15 is 0 Å². The Morgan fingerprint density at radius 2 is 1.66 bits per heavy atom. The molecule has 1 unspecified atom stereocenters. The Kier molecular flexibility index (Phi) is 8.68. The van der Waals surface area contributed by atoms with Crippen LogP contribution in [0, 0.1) is 5.92 Å². The molecule has 1 atom stereocenters. The van der Waals surface area contributed by atoms with Gasteiger partial charge in [0.05, 0.1) is 7.11 Å². The van der Waals surface area contributed by atoms with Crippen molar-refractivity contribution < 1.29 is 18.8 Å². The molecule has 1 aromatic heterocycles. The molecule has 0 N–H and O–H groups in total. The van der Waals surface area contributed by atoms with Gasteiger partial charge < -0.3 is 13.7 Å². The number of esters is 1. The Balaban J connectivity index is 1.58. The number of aromatic nitrogens is 2. The number of methoxy groups -OCH3 is 1. The van der Waals surface area contributed by atoms with Gasteiger partial charge in [0, 0.05) is 25.3 Å². The molecule has 0 saturated carbocycles. The number of carbonyl (C=O) groups excluding carboxylic acids is 2. The predicted octanol–water partition coefficient (Wildman–Crippen LogP) is 4.72. The molecule has 1 aliphatic rings. The second-order valence-corrected chi connectivity index (χ2v) is 15.3. The van der Waals surface area contributed by atoms with Gasteiger partial charge in [-0.2, -0.15) is 0 Å². The lowest BCUT2D eigenvalue weighted by atomic mass is 9.99. The number of imidazole rings is 1. The molecule has 38 heavy (non-hydrogen) atoms. The number of ketones is 1. The van der Waals surface area contributed by atoms with Gasteiger partial charge in [-0.05, 0) is 48.0 Å². The fraction of sp³-hybridized carbons (Fsp3) is 0.452. The first kappa shape index (κ1) is 28.0. The standard InChI is InChI=1S/C31H40N2O4Si/c1-6-33-26-20-13-19-25(30(35)36-5)29(34)28(26)32-27(33)21-14-22-37-38(31(2,3)4,23-15-9-7-10-16-23)24-17-11-8-12-18-24/h7-12,15-18,25H,6,13-14,19-22H2,1-5H3. The minimum Gasteiger partial charge on any atom is -0.468 e. The van der Waals surface area contributed by atoms with Crippen molar-refractivity contribution in [3.63, 3.8) is 0 Å². The second kappa shape index (κ2) is 11.8. The first-order valence-electron chi connectivity index (χ1n) is 13.7. The van der Waals surface area contributed by atoms with Crippen LogP contribution >= 0.6 is 0 Å². The molecule has 7 heteroatoms. The van der Waals surface area contributed by atoms with Crippen LogP contribution in [0.15, 0.2) is 60.7 Å². The van der Waals surface area contributed by atoms with E-state index in [1.54, 1.807) is 0 Å². The smallest absolute Gasteiger partial charge is 0.316 e. The summed E-state index contributed by atoms with van der Waals surface area (Å²) in [6, 6.07) is 21.3. The van der Waals surface area contributed by atoms with Gasteiger partial charge in [0.2, 0.25) is 0 Å². The van der Waals surface area contributed by atoms with Gasteiger partial charge >= 0.3 is 5.97 Å². The number of hydrogen-bond acceptors (Lipinski definition) is 5. The van der Waals surface area contributed by atoms with E-state index in [9.17, 15) is 9.59 Å². The highest BCUT2D eigenvalue weighted by molar-refractivity contribution is 6.99. The van der Waals surface area contributed by atoms with Gasteiger partial charge in [0.15, 0.2) is 5.78 Å². The van der Waals surface area contributed by atoms with Crippen LogP contribution in [-0.4, -0.2) is 43.3 Å². The minimum absolute atomic E-state index is 0.0791. The third kappa shape index (κ3) is 5.27. The molecule has 2 aromatic carbocycles. The van der Waals surface area contributed by atoms with Crippen molar-refractivity contribution >= 4 is 30.4 Å². The van der Waals surface area contributed by atoms with Crippen LogP contribution in [-0.2, 0) is 33.3 Å². The Morgan fingerprint density at radius 1 is 1.05 bits per heavy atom. The average molecular weight is 533 g/mol. The summed E-state index contributed by atoms with van der Waals surface area (Å²) in [5.74, 6) is -0.536. The van der Waals surface area contributed by atoms with Crippen LogP contribution in [0.25, 0.3) is 0 Å². The largest absolute Gasteiger partial charge is 0.468 e. The number of rotatable bonds is 9. The van der Waals surface area contributed by atoms with Crippen molar-refractivity contribution in [3.8, 4) is 0 Å². The number of nitrogens with zero attached hydrogens (tertiary/aromatic N) is 2. The van der Waals surface area contributed by atoms with Crippen molar-refractivity contribution in [2.75, 3.05) is 13.7 Å². The number of carbonyl (C=O) groups is 2. The van der Waals surface area contributed by atoms with Crippen LogP contribution in [0.5, 0.6) is 0 Å². The van der Waals surface area contributed by atoms with Gasteiger partial charge in [-0.1, -0.05) is 81.4 Å². The first-order valence-corrected chi connectivity index (χ1v) is 15.6. The fourth-order valence-corrected chi connectivity index (χ4v) is 10.5. The van der Waals surface area contributed by atoms with Crippen molar-refractivity contribution in [2.45, 2.75) is 71.4 Å². The van der Waals surface area contributed by atoms with Crippen LogP contribution in [0.3, 0.4) is 0 Å². The molecule has 0 spiro atoms. The fourth-order valence-electron chi connectivity index (χ4n) is 5.91. The Bertz CT molecular complexity index is 1210. The van der Waals surface area contributed by atoms with E-state index in [-0.39, 0.29) is 10.8 Å². The van der Waals surface area contributed by atoms with Crippen LogP contribution in [0.4, 0.5) is 0 Å². The summed E-state index contributed by atoms with van der Waals surface area (Å²) in [5, 5.41) is 2.45. The predicted molar refractivity (Wildman–Crippen MR) is 153 cm³/mol. The van der Waals surface area contributed by atoms with E-state index in [0.717, 1.165) is 37.3 Å². The molecule has 0 radical (unpaired) electrons. The summed E-state index contributed by atoms with van der Waals surface area (Å²) < 4.78 is 14.1. The molecule has 6 nitrogen and oxygen atoms in total. The summed E-state index contributed by atoms with van der Waals surface area (Å²) in [6.07, 6.45) is 3.51. The van der Waals surface area contributed by atoms with E-state index in [1.165, 1.54) is 17.5 Å². The summed E-state index contributed by atoms with van der Waals surface area (Å²) in [4.78, 5) is 30.2. The Labute approximate surface area is 227 Å². The number of benzene rings is 2. The summed E-state index contributed by atoms with van der Waals surface area (Å²) >= 11 is 0. The van der Waals surface area contributed by atoms with Gasteiger partial charge in [-0.25, -0.2) is 4.98 Å². The van der Waals surface area contributed by atoms with Crippen molar-refractivity contribution in [3.05, 3.63) is 77.9 Å². The second-order valence-electron chi connectivity index (χ2n) is 11.0. The maximum absolute atomic E-state index is 13.2. The molecule has 1 aliphatic carbocycles.